The monoisotopic (exact) mass is 279 g/mol. The molecule has 2 atom stereocenters. The molecule has 0 radical (unpaired) electrons. The van der Waals surface area contributed by atoms with Gasteiger partial charge in [0.15, 0.2) is 0 Å². The standard InChI is InChI=1S/C19H21NO/c1-20-19(10-16-8-13-4-2-3-5-18(13)16)14-6-7-15-11-21-12-17(15)9-14/h2-7,9,16,19-20H,8,10-12H2,1H3. The van der Waals surface area contributed by atoms with Gasteiger partial charge < -0.3 is 10.1 Å². The summed E-state index contributed by atoms with van der Waals surface area (Å²) in [5, 5.41) is 3.50. The Labute approximate surface area is 126 Å². The third kappa shape index (κ3) is 2.29. The minimum Gasteiger partial charge on any atom is -0.372 e. The highest BCUT2D eigenvalue weighted by atomic mass is 16.5. The number of nitrogens with one attached hydrogen (secondary N) is 1. The van der Waals surface area contributed by atoms with Crippen LogP contribution in [0.1, 0.15) is 46.2 Å². The second-order valence-corrected chi connectivity index (χ2v) is 6.20. The number of fused-ring (bicyclic) bond motifs is 2. The maximum Gasteiger partial charge on any atom is 0.0725 e. The Balaban J connectivity index is 1.53. The molecule has 1 heterocycles. The summed E-state index contributed by atoms with van der Waals surface area (Å²) in [4.78, 5) is 0. The average molecular weight is 279 g/mol. The van der Waals surface area contributed by atoms with Gasteiger partial charge in [-0.05, 0) is 53.6 Å². The van der Waals surface area contributed by atoms with Crippen LogP contribution in [0.2, 0.25) is 0 Å². The van der Waals surface area contributed by atoms with Gasteiger partial charge in [-0.15, -0.1) is 0 Å². The smallest absolute Gasteiger partial charge is 0.0725 e. The van der Waals surface area contributed by atoms with Gasteiger partial charge in [0, 0.05) is 6.04 Å². The summed E-state index contributed by atoms with van der Waals surface area (Å²) >= 11 is 0. The lowest BCUT2D eigenvalue weighted by Crippen LogP contribution is -2.25. The van der Waals surface area contributed by atoms with E-state index in [9.17, 15) is 0 Å². The van der Waals surface area contributed by atoms with E-state index >= 15 is 0 Å². The first kappa shape index (κ1) is 13.1. The predicted molar refractivity (Wildman–Crippen MR) is 84.2 cm³/mol. The molecule has 0 bridgehead atoms. The molecule has 2 unspecified atom stereocenters. The first-order chi connectivity index (χ1) is 10.3. The first-order valence-corrected chi connectivity index (χ1v) is 7.79. The van der Waals surface area contributed by atoms with Gasteiger partial charge in [0.1, 0.15) is 0 Å². The van der Waals surface area contributed by atoms with E-state index < -0.39 is 0 Å². The van der Waals surface area contributed by atoms with Crippen LogP contribution in [0.3, 0.4) is 0 Å². The van der Waals surface area contributed by atoms with Crippen molar-refractivity contribution in [1.82, 2.24) is 5.32 Å². The van der Waals surface area contributed by atoms with Gasteiger partial charge in [-0.3, -0.25) is 0 Å². The lowest BCUT2D eigenvalue weighted by atomic mass is 9.73. The summed E-state index contributed by atoms with van der Waals surface area (Å²) in [6.07, 6.45) is 2.40. The van der Waals surface area contributed by atoms with Crippen molar-refractivity contribution in [3.05, 3.63) is 70.3 Å². The van der Waals surface area contributed by atoms with Crippen LogP contribution in [0.25, 0.3) is 0 Å². The van der Waals surface area contributed by atoms with E-state index in [1.807, 2.05) is 0 Å². The SMILES string of the molecule is CNC(CC1Cc2ccccc21)c1ccc2c(c1)COC2. The molecule has 0 saturated carbocycles. The van der Waals surface area contributed by atoms with Crippen LogP contribution in [0, 0.1) is 0 Å². The third-order valence-corrected chi connectivity index (χ3v) is 4.98. The zero-order valence-electron chi connectivity index (χ0n) is 12.4. The molecule has 1 aliphatic heterocycles. The fourth-order valence-electron chi connectivity index (χ4n) is 3.69. The van der Waals surface area contributed by atoms with Gasteiger partial charge in [0.25, 0.3) is 0 Å². The molecule has 2 heteroatoms. The van der Waals surface area contributed by atoms with Crippen molar-refractivity contribution < 1.29 is 4.74 Å². The summed E-state index contributed by atoms with van der Waals surface area (Å²) in [7, 11) is 2.07. The number of hydrogen-bond donors (Lipinski definition) is 1. The Morgan fingerprint density at radius 1 is 1.10 bits per heavy atom. The Morgan fingerprint density at radius 3 is 2.81 bits per heavy atom. The number of benzene rings is 2. The van der Waals surface area contributed by atoms with Crippen molar-refractivity contribution in [2.75, 3.05) is 7.05 Å². The lowest BCUT2D eigenvalue weighted by molar-refractivity contribution is 0.134. The fourth-order valence-corrected chi connectivity index (χ4v) is 3.69. The van der Waals surface area contributed by atoms with E-state index in [0.717, 1.165) is 13.2 Å². The zero-order valence-corrected chi connectivity index (χ0v) is 12.4. The van der Waals surface area contributed by atoms with Crippen molar-refractivity contribution in [3.8, 4) is 0 Å². The summed E-state index contributed by atoms with van der Waals surface area (Å²) in [5.74, 6) is 0.697. The molecule has 108 valence electrons. The number of rotatable bonds is 4. The van der Waals surface area contributed by atoms with Gasteiger partial charge in [0.05, 0.1) is 13.2 Å². The van der Waals surface area contributed by atoms with Crippen molar-refractivity contribution in [1.29, 1.82) is 0 Å². The molecule has 2 aromatic carbocycles. The van der Waals surface area contributed by atoms with Crippen molar-refractivity contribution in [2.45, 2.75) is 38.0 Å². The van der Waals surface area contributed by atoms with E-state index in [-0.39, 0.29) is 0 Å². The Hall–Kier alpha value is -1.64. The van der Waals surface area contributed by atoms with Crippen molar-refractivity contribution >= 4 is 0 Å². The van der Waals surface area contributed by atoms with Gasteiger partial charge in [0.2, 0.25) is 0 Å². The summed E-state index contributed by atoms with van der Waals surface area (Å²) in [6.45, 7) is 1.54. The fraction of sp³-hybridized carbons (Fsp3) is 0.368. The first-order valence-electron chi connectivity index (χ1n) is 7.79. The summed E-state index contributed by atoms with van der Waals surface area (Å²) in [5.41, 5.74) is 7.18. The van der Waals surface area contributed by atoms with E-state index in [1.54, 1.807) is 5.56 Å². The second-order valence-electron chi connectivity index (χ2n) is 6.20. The molecule has 1 N–H and O–H groups in total. The molecule has 2 aromatic rings. The summed E-state index contributed by atoms with van der Waals surface area (Å²) < 4.78 is 5.52. The molecule has 4 rings (SSSR count). The molecule has 1 aliphatic carbocycles. The maximum atomic E-state index is 5.52. The lowest BCUT2D eigenvalue weighted by Gasteiger charge is -2.33. The topological polar surface area (TPSA) is 21.3 Å². The highest BCUT2D eigenvalue weighted by Gasteiger charge is 2.28. The molecule has 0 amide bonds. The molecule has 21 heavy (non-hydrogen) atoms. The quantitative estimate of drug-likeness (QED) is 0.921. The van der Waals surface area contributed by atoms with Gasteiger partial charge in [-0.2, -0.15) is 0 Å². The highest BCUT2D eigenvalue weighted by Crippen LogP contribution is 2.41. The maximum absolute atomic E-state index is 5.52. The van der Waals surface area contributed by atoms with Crippen LogP contribution in [-0.2, 0) is 24.4 Å². The summed E-state index contributed by atoms with van der Waals surface area (Å²) in [6, 6.07) is 16.1. The van der Waals surface area contributed by atoms with Crippen LogP contribution < -0.4 is 5.32 Å². The van der Waals surface area contributed by atoms with E-state index in [1.165, 1.54) is 35.1 Å². The van der Waals surface area contributed by atoms with Crippen LogP contribution in [-0.4, -0.2) is 7.05 Å². The number of ether oxygens (including phenoxy) is 1. The Morgan fingerprint density at radius 2 is 1.95 bits per heavy atom. The largest absolute Gasteiger partial charge is 0.372 e. The molecule has 0 saturated heterocycles. The highest BCUT2D eigenvalue weighted by molar-refractivity contribution is 5.41. The number of hydrogen-bond acceptors (Lipinski definition) is 2. The molecule has 0 aromatic heterocycles. The molecule has 0 fully saturated rings. The molecular formula is C19H21NO. The molecule has 2 aliphatic rings. The average Bonchev–Trinajstić information content (AvgIpc) is 2.96. The van der Waals surface area contributed by atoms with E-state index in [0.29, 0.717) is 12.0 Å². The molecular weight excluding hydrogens is 258 g/mol. The van der Waals surface area contributed by atoms with Crippen LogP contribution in [0.15, 0.2) is 42.5 Å². The Kier molecular flexibility index (Phi) is 3.28. The van der Waals surface area contributed by atoms with E-state index in [2.05, 4.69) is 54.8 Å². The zero-order chi connectivity index (χ0) is 14.2. The Bertz CT molecular complexity index is 664. The predicted octanol–water partition coefficient (Wildman–Crippen LogP) is 3.71. The normalized spacial score (nSPS) is 20.5. The van der Waals surface area contributed by atoms with Gasteiger partial charge >= 0.3 is 0 Å². The minimum atomic E-state index is 0.425. The van der Waals surface area contributed by atoms with Crippen molar-refractivity contribution in [3.63, 3.8) is 0 Å². The van der Waals surface area contributed by atoms with Crippen LogP contribution in [0.4, 0.5) is 0 Å². The van der Waals surface area contributed by atoms with Gasteiger partial charge in [-0.25, -0.2) is 0 Å². The van der Waals surface area contributed by atoms with Crippen LogP contribution in [0.5, 0.6) is 0 Å². The van der Waals surface area contributed by atoms with Gasteiger partial charge in [-0.1, -0.05) is 42.5 Å². The van der Waals surface area contributed by atoms with Crippen molar-refractivity contribution in [2.24, 2.45) is 0 Å². The molecule has 0 spiro atoms. The van der Waals surface area contributed by atoms with E-state index in [4.69, 9.17) is 4.74 Å². The molecule has 2 nitrogen and oxygen atoms in total. The van der Waals surface area contributed by atoms with Crippen LogP contribution >= 0.6 is 0 Å². The minimum absolute atomic E-state index is 0.425. The second kappa shape index (κ2) is 5.28. The third-order valence-electron chi connectivity index (χ3n) is 4.98.